The Morgan fingerprint density at radius 2 is 2.00 bits per heavy atom. The first-order valence-electron chi connectivity index (χ1n) is 8.33. The smallest absolute Gasteiger partial charge is 0.238 e. The molecular weight excluding hydrogens is 294 g/mol. The van der Waals surface area contributed by atoms with Crippen LogP contribution in [-0.4, -0.2) is 49.3 Å². The third kappa shape index (κ3) is 3.14. The van der Waals surface area contributed by atoms with E-state index < -0.39 is 0 Å². The molecule has 2 atom stereocenters. The molecule has 0 aliphatic carbocycles. The Kier molecular flexibility index (Phi) is 3.87. The van der Waals surface area contributed by atoms with Gasteiger partial charge in [-0.25, -0.2) is 0 Å². The highest BCUT2D eigenvalue weighted by Gasteiger charge is 2.35. The standard InChI is InChI=1S/C17H23N3O3/c1-20(14-6-11-2-3-12(7-14)18-11)9-17(21)19-13-4-5-15-16(8-13)23-10-22-15/h4-5,8,11-12,14,18H,2-3,6-7,9-10H2,1H3,(H,19,21). The van der Waals surface area contributed by atoms with Crippen molar-refractivity contribution in [3.8, 4) is 11.5 Å². The SMILES string of the molecule is CN(CC(=O)Nc1ccc2c(c1)OCO2)C1CC2CCC(C1)N2. The van der Waals surface area contributed by atoms with E-state index in [9.17, 15) is 4.79 Å². The van der Waals surface area contributed by atoms with Crippen LogP contribution < -0.4 is 20.1 Å². The number of fused-ring (bicyclic) bond motifs is 3. The molecule has 3 aliphatic rings. The zero-order chi connectivity index (χ0) is 15.8. The van der Waals surface area contributed by atoms with Crippen molar-refractivity contribution in [3.05, 3.63) is 18.2 Å². The summed E-state index contributed by atoms with van der Waals surface area (Å²) >= 11 is 0. The van der Waals surface area contributed by atoms with E-state index in [1.807, 2.05) is 18.2 Å². The molecule has 1 amide bonds. The predicted octanol–water partition coefficient (Wildman–Crippen LogP) is 1.57. The second kappa shape index (κ2) is 6.02. The van der Waals surface area contributed by atoms with Crippen molar-refractivity contribution in [2.45, 2.75) is 43.8 Å². The van der Waals surface area contributed by atoms with Gasteiger partial charge in [-0.05, 0) is 44.9 Å². The molecule has 6 nitrogen and oxygen atoms in total. The summed E-state index contributed by atoms with van der Waals surface area (Å²) in [7, 11) is 2.05. The van der Waals surface area contributed by atoms with Crippen LogP contribution in [0.5, 0.6) is 11.5 Å². The summed E-state index contributed by atoms with van der Waals surface area (Å²) in [6.45, 7) is 0.659. The number of benzene rings is 1. The first-order valence-corrected chi connectivity index (χ1v) is 8.33. The Bertz CT molecular complexity index is 595. The second-order valence-corrected chi connectivity index (χ2v) is 6.79. The van der Waals surface area contributed by atoms with Gasteiger partial charge in [0.05, 0.1) is 6.54 Å². The number of nitrogens with one attached hydrogen (secondary N) is 2. The first kappa shape index (κ1) is 14.8. The van der Waals surface area contributed by atoms with Crippen molar-refractivity contribution >= 4 is 11.6 Å². The third-order valence-corrected chi connectivity index (χ3v) is 5.12. The zero-order valence-corrected chi connectivity index (χ0v) is 13.4. The normalized spacial score (nSPS) is 28.2. The highest BCUT2D eigenvalue weighted by atomic mass is 16.7. The lowest BCUT2D eigenvalue weighted by atomic mass is 9.98. The third-order valence-electron chi connectivity index (χ3n) is 5.12. The molecule has 0 aromatic heterocycles. The van der Waals surface area contributed by atoms with E-state index in [0.717, 1.165) is 24.3 Å². The summed E-state index contributed by atoms with van der Waals surface area (Å²) in [5, 5.41) is 6.59. The molecule has 2 fully saturated rings. The molecule has 124 valence electrons. The minimum Gasteiger partial charge on any atom is -0.454 e. The monoisotopic (exact) mass is 317 g/mol. The number of rotatable bonds is 4. The van der Waals surface area contributed by atoms with Crippen LogP contribution in [0.2, 0.25) is 0 Å². The number of amides is 1. The lowest BCUT2D eigenvalue weighted by Gasteiger charge is -2.35. The maximum atomic E-state index is 12.3. The summed E-state index contributed by atoms with van der Waals surface area (Å²) < 4.78 is 10.6. The van der Waals surface area contributed by atoms with Crippen LogP contribution in [0.3, 0.4) is 0 Å². The van der Waals surface area contributed by atoms with Crippen molar-refractivity contribution in [1.82, 2.24) is 10.2 Å². The number of hydrogen-bond acceptors (Lipinski definition) is 5. The first-order chi connectivity index (χ1) is 11.2. The lowest BCUT2D eigenvalue weighted by molar-refractivity contribution is -0.117. The Balaban J connectivity index is 1.33. The molecule has 4 rings (SSSR count). The number of carbonyl (C=O) groups excluding carboxylic acids is 1. The molecule has 0 radical (unpaired) electrons. The molecule has 2 unspecified atom stereocenters. The van der Waals surface area contributed by atoms with Crippen molar-refractivity contribution in [2.75, 3.05) is 25.7 Å². The molecule has 2 N–H and O–H groups in total. The number of hydrogen-bond donors (Lipinski definition) is 2. The molecule has 2 bridgehead atoms. The maximum absolute atomic E-state index is 12.3. The van der Waals surface area contributed by atoms with Gasteiger partial charge in [0.15, 0.2) is 11.5 Å². The van der Waals surface area contributed by atoms with E-state index in [0.29, 0.717) is 30.4 Å². The summed E-state index contributed by atoms with van der Waals surface area (Å²) in [6.07, 6.45) is 4.84. The fraction of sp³-hybridized carbons (Fsp3) is 0.588. The van der Waals surface area contributed by atoms with Gasteiger partial charge in [0, 0.05) is 29.9 Å². The average Bonchev–Trinajstić information content (AvgIpc) is 3.12. The average molecular weight is 317 g/mol. The quantitative estimate of drug-likeness (QED) is 0.882. The largest absolute Gasteiger partial charge is 0.454 e. The molecule has 3 heterocycles. The Labute approximate surface area is 136 Å². The molecular formula is C17H23N3O3. The van der Waals surface area contributed by atoms with Crippen LogP contribution in [0.25, 0.3) is 0 Å². The van der Waals surface area contributed by atoms with E-state index in [1.165, 1.54) is 12.8 Å². The van der Waals surface area contributed by atoms with Crippen LogP contribution in [0, 0.1) is 0 Å². The Morgan fingerprint density at radius 3 is 2.78 bits per heavy atom. The fourth-order valence-electron chi connectivity index (χ4n) is 3.92. The lowest BCUT2D eigenvalue weighted by Crippen LogP contribution is -2.48. The minimum absolute atomic E-state index is 0.0113. The molecule has 0 spiro atoms. The van der Waals surface area contributed by atoms with Crippen LogP contribution >= 0.6 is 0 Å². The van der Waals surface area contributed by atoms with Gasteiger partial charge < -0.3 is 20.1 Å². The number of ether oxygens (including phenoxy) is 2. The molecule has 1 aromatic carbocycles. The van der Waals surface area contributed by atoms with Gasteiger partial charge in [-0.2, -0.15) is 0 Å². The number of piperidine rings is 1. The van der Waals surface area contributed by atoms with Crippen molar-refractivity contribution in [3.63, 3.8) is 0 Å². The number of likely N-dealkylation sites (N-methyl/N-ethyl adjacent to an activating group) is 1. The topological polar surface area (TPSA) is 62.8 Å². The molecule has 2 saturated heterocycles. The fourth-order valence-corrected chi connectivity index (χ4v) is 3.92. The van der Waals surface area contributed by atoms with Crippen LogP contribution in [0.4, 0.5) is 5.69 Å². The number of anilines is 1. The molecule has 6 heteroatoms. The van der Waals surface area contributed by atoms with E-state index in [-0.39, 0.29) is 12.7 Å². The zero-order valence-electron chi connectivity index (χ0n) is 13.4. The van der Waals surface area contributed by atoms with Gasteiger partial charge in [0.2, 0.25) is 12.7 Å². The highest BCUT2D eigenvalue weighted by Crippen LogP contribution is 2.34. The second-order valence-electron chi connectivity index (χ2n) is 6.79. The summed E-state index contributed by atoms with van der Waals surface area (Å²) in [6, 6.07) is 7.25. The number of nitrogens with zero attached hydrogens (tertiary/aromatic N) is 1. The molecule has 0 saturated carbocycles. The van der Waals surface area contributed by atoms with Gasteiger partial charge in [-0.3, -0.25) is 9.69 Å². The van der Waals surface area contributed by atoms with Gasteiger partial charge in [-0.1, -0.05) is 0 Å². The Morgan fingerprint density at radius 1 is 1.26 bits per heavy atom. The van der Waals surface area contributed by atoms with Crippen LogP contribution in [-0.2, 0) is 4.79 Å². The minimum atomic E-state index is 0.0113. The molecule has 23 heavy (non-hydrogen) atoms. The van der Waals surface area contributed by atoms with E-state index in [2.05, 4.69) is 22.6 Å². The van der Waals surface area contributed by atoms with Crippen LogP contribution in [0.1, 0.15) is 25.7 Å². The van der Waals surface area contributed by atoms with Crippen molar-refractivity contribution in [1.29, 1.82) is 0 Å². The van der Waals surface area contributed by atoms with E-state index >= 15 is 0 Å². The summed E-state index contributed by atoms with van der Waals surface area (Å²) in [4.78, 5) is 14.5. The van der Waals surface area contributed by atoms with Gasteiger partial charge in [0.1, 0.15) is 0 Å². The van der Waals surface area contributed by atoms with E-state index in [1.54, 1.807) is 0 Å². The maximum Gasteiger partial charge on any atom is 0.238 e. The summed E-state index contributed by atoms with van der Waals surface area (Å²) in [5.74, 6) is 1.42. The molecule has 3 aliphatic heterocycles. The van der Waals surface area contributed by atoms with Gasteiger partial charge in [-0.15, -0.1) is 0 Å². The van der Waals surface area contributed by atoms with Crippen molar-refractivity contribution < 1.29 is 14.3 Å². The van der Waals surface area contributed by atoms with E-state index in [4.69, 9.17) is 9.47 Å². The summed E-state index contributed by atoms with van der Waals surface area (Å²) in [5.41, 5.74) is 0.748. The molecule has 1 aromatic rings. The highest BCUT2D eigenvalue weighted by molar-refractivity contribution is 5.92. The van der Waals surface area contributed by atoms with Gasteiger partial charge in [0.25, 0.3) is 0 Å². The number of carbonyl (C=O) groups is 1. The predicted molar refractivity (Wildman–Crippen MR) is 86.8 cm³/mol. The van der Waals surface area contributed by atoms with Crippen molar-refractivity contribution in [2.24, 2.45) is 0 Å². The Hall–Kier alpha value is -1.79. The van der Waals surface area contributed by atoms with Gasteiger partial charge >= 0.3 is 0 Å². The van der Waals surface area contributed by atoms with Crippen LogP contribution in [0.15, 0.2) is 18.2 Å².